The fourth-order valence-corrected chi connectivity index (χ4v) is 3.69. The zero-order valence-corrected chi connectivity index (χ0v) is 16.1. The van der Waals surface area contributed by atoms with Crippen molar-refractivity contribution in [3.05, 3.63) is 40.6 Å². The van der Waals surface area contributed by atoms with E-state index in [9.17, 15) is 4.79 Å². The first-order valence-electron chi connectivity index (χ1n) is 10.0. The van der Waals surface area contributed by atoms with Crippen LogP contribution in [0.2, 0.25) is 0 Å². The molecule has 1 unspecified atom stereocenters. The van der Waals surface area contributed by atoms with Gasteiger partial charge in [-0.1, -0.05) is 0 Å². The molecule has 0 spiro atoms. The lowest BCUT2D eigenvalue weighted by Gasteiger charge is -2.37. The Labute approximate surface area is 159 Å². The zero-order valence-electron chi connectivity index (χ0n) is 16.1. The van der Waals surface area contributed by atoms with Crippen molar-refractivity contribution in [3.8, 4) is 0 Å². The molecule has 0 amide bonds. The van der Waals surface area contributed by atoms with E-state index in [2.05, 4.69) is 25.3 Å². The molecule has 1 aliphatic heterocycles. The Bertz CT molecular complexity index is 844. The molecule has 0 bridgehead atoms. The third-order valence-corrected chi connectivity index (χ3v) is 5.36. The number of rotatable bonds is 6. The summed E-state index contributed by atoms with van der Waals surface area (Å²) in [4.78, 5) is 23.4. The van der Waals surface area contributed by atoms with Crippen molar-refractivity contribution < 1.29 is 0 Å². The van der Waals surface area contributed by atoms with Gasteiger partial charge in [0.1, 0.15) is 17.5 Å². The predicted molar refractivity (Wildman–Crippen MR) is 106 cm³/mol. The van der Waals surface area contributed by atoms with Crippen molar-refractivity contribution in [1.29, 1.82) is 0 Å². The summed E-state index contributed by atoms with van der Waals surface area (Å²) in [5, 5.41) is 8.12. The highest BCUT2D eigenvalue weighted by molar-refractivity contribution is 5.41. The number of hydrogen-bond acceptors (Lipinski definition) is 6. The molecule has 2 fully saturated rings. The second-order valence-corrected chi connectivity index (χ2v) is 7.87. The van der Waals surface area contributed by atoms with Gasteiger partial charge in [-0.2, -0.15) is 5.10 Å². The van der Waals surface area contributed by atoms with Crippen LogP contribution in [0.15, 0.2) is 29.2 Å². The quantitative estimate of drug-likeness (QED) is 0.845. The monoisotopic (exact) mass is 368 g/mol. The summed E-state index contributed by atoms with van der Waals surface area (Å²) in [5.74, 6) is 3.30. The van der Waals surface area contributed by atoms with Crippen LogP contribution in [0.25, 0.3) is 0 Å². The highest BCUT2D eigenvalue weighted by Gasteiger charge is 2.27. The number of nitrogens with zero attached hydrogens (tertiary/aromatic N) is 5. The highest BCUT2D eigenvalue weighted by Crippen LogP contribution is 2.38. The topological polar surface area (TPSA) is 75.9 Å². The van der Waals surface area contributed by atoms with Crippen molar-refractivity contribution in [1.82, 2.24) is 19.7 Å². The molecule has 1 aliphatic carbocycles. The van der Waals surface area contributed by atoms with Gasteiger partial charge >= 0.3 is 0 Å². The summed E-state index contributed by atoms with van der Waals surface area (Å²) in [5.41, 5.74) is -0.0472. The maximum Gasteiger partial charge on any atom is 0.267 e. The Morgan fingerprint density at radius 2 is 2.04 bits per heavy atom. The first-order valence-corrected chi connectivity index (χ1v) is 10.0. The van der Waals surface area contributed by atoms with Crippen molar-refractivity contribution in [2.24, 2.45) is 0 Å². The normalized spacial score (nSPS) is 20.1. The molecule has 0 aromatic carbocycles. The number of anilines is 2. The van der Waals surface area contributed by atoms with E-state index in [-0.39, 0.29) is 11.6 Å². The lowest BCUT2D eigenvalue weighted by Crippen LogP contribution is -2.45. The largest absolute Gasteiger partial charge is 0.368 e. The highest BCUT2D eigenvalue weighted by atomic mass is 16.1. The second kappa shape index (κ2) is 7.66. The van der Waals surface area contributed by atoms with Crippen LogP contribution >= 0.6 is 0 Å². The minimum absolute atomic E-state index is 0.0472. The average Bonchev–Trinajstić information content (AvgIpc) is 3.52. The van der Waals surface area contributed by atoms with Crippen molar-refractivity contribution in [2.45, 2.75) is 64.0 Å². The molecule has 2 aliphatic rings. The van der Waals surface area contributed by atoms with Crippen molar-refractivity contribution in [3.63, 3.8) is 0 Å². The number of hydrogen-bond donors (Lipinski definition) is 1. The molecule has 4 rings (SSSR count). The second-order valence-electron chi connectivity index (χ2n) is 7.87. The Morgan fingerprint density at radius 1 is 1.19 bits per heavy atom. The molecule has 27 heavy (non-hydrogen) atoms. The van der Waals surface area contributed by atoms with Crippen molar-refractivity contribution in [2.75, 3.05) is 23.3 Å². The molecule has 3 heterocycles. The molecule has 1 atom stereocenters. The Kier molecular flexibility index (Phi) is 5.09. The van der Waals surface area contributed by atoms with Crippen molar-refractivity contribution >= 4 is 11.6 Å². The maximum absolute atomic E-state index is 12.0. The van der Waals surface area contributed by atoms with Crippen LogP contribution in [0.1, 0.15) is 63.7 Å². The lowest BCUT2D eigenvalue weighted by molar-refractivity contribution is 0.451. The van der Waals surface area contributed by atoms with Crippen LogP contribution in [0.3, 0.4) is 0 Å². The van der Waals surface area contributed by atoms with Gasteiger partial charge in [0.2, 0.25) is 0 Å². The van der Waals surface area contributed by atoms with Gasteiger partial charge in [-0.3, -0.25) is 4.79 Å². The molecular formula is C20H28N6O. The fourth-order valence-electron chi connectivity index (χ4n) is 3.69. The Hall–Kier alpha value is -2.44. The van der Waals surface area contributed by atoms with E-state index in [1.165, 1.54) is 19.3 Å². The molecule has 7 nitrogen and oxygen atoms in total. The van der Waals surface area contributed by atoms with E-state index in [4.69, 9.17) is 0 Å². The third-order valence-electron chi connectivity index (χ3n) is 5.36. The van der Waals surface area contributed by atoms with Gasteiger partial charge in [0.05, 0.1) is 6.04 Å². The summed E-state index contributed by atoms with van der Waals surface area (Å²) in [6, 6.07) is 5.82. The molecule has 1 saturated carbocycles. The minimum atomic E-state index is -0.0472. The van der Waals surface area contributed by atoms with E-state index in [1.807, 2.05) is 32.2 Å². The summed E-state index contributed by atoms with van der Waals surface area (Å²) in [7, 11) is 0. The standard InChI is InChI=1S/C20H28N6O/c1-14(2)26-19(27)9-8-18(24-26)25-12-4-3-5-16(25)13-22-17-10-11-21-20(23-17)15-6-7-15/h8-11,14-16H,3-7,12-13H2,1-2H3,(H,21,22,23). The van der Waals surface area contributed by atoms with Gasteiger partial charge in [-0.15, -0.1) is 0 Å². The van der Waals surface area contributed by atoms with Gasteiger partial charge in [-0.25, -0.2) is 14.6 Å². The zero-order chi connectivity index (χ0) is 18.8. The van der Waals surface area contributed by atoms with Crippen LogP contribution in [0, 0.1) is 0 Å². The van der Waals surface area contributed by atoms with Crippen LogP contribution in [0.5, 0.6) is 0 Å². The van der Waals surface area contributed by atoms with E-state index in [1.54, 1.807) is 10.7 Å². The first-order chi connectivity index (χ1) is 13.1. The molecule has 2 aromatic rings. The minimum Gasteiger partial charge on any atom is -0.368 e. The summed E-state index contributed by atoms with van der Waals surface area (Å²) in [6.45, 7) is 5.75. The average molecular weight is 368 g/mol. The van der Waals surface area contributed by atoms with E-state index in [0.717, 1.165) is 43.4 Å². The molecule has 144 valence electrons. The van der Waals surface area contributed by atoms with Gasteiger partial charge in [0.15, 0.2) is 0 Å². The lowest BCUT2D eigenvalue weighted by atomic mass is 10.0. The van der Waals surface area contributed by atoms with Gasteiger partial charge < -0.3 is 10.2 Å². The smallest absolute Gasteiger partial charge is 0.267 e. The predicted octanol–water partition coefficient (Wildman–Crippen LogP) is 2.96. The first kappa shape index (κ1) is 17.9. The van der Waals surface area contributed by atoms with E-state index < -0.39 is 0 Å². The van der Waals surface area contributed by atoms with Gasteiger partial charge in [-0.05, 0) is 58.1 Å². The Balaban J connectivity index is 1.48. The molecule has 1 saturated heterocycles. The van der Waals surface area contributed by atoms with E-state index in [0.29, 0.717) is 12.0 Å². The number of piperidine rings is 1. The number of aromatic nitrogens is 4. The van der Waals surface area contributed by atoms with Crippen LogP contribution in [-0.4, -0.2) is 38.9 Å². The van der Waals surface area contributed by atoms with Gasteiger partial charge in [0, 0.05) is 37.3 Å². The van der Waals surface area contributed by atoms with Crippen LogP contribution < -0.4 is 15.8 Å². The van der Waals surface area contributed by atoms with Gasteiger partial charge in [0.25, 0.3) is 5.56 Å². The Morgan fingerprint density at radius 3 is 2.81 bits per heavy atom. The fraction of sp³-hybridized carbons (Fsp3) is 0.600. The molecule has 0 radical (unpaired) electrons. The summed E-state index contributed by atoms with van der Waals surface area (Å²) in [6.07, 6.45) is 7.73. The van der Waals surface area contributed by atoms with Crippen LogP contribution in [0.4, 0.5) is 11.6 Å². The molecule has 2 aromatic heterocycles. The van der Waals surface area contributed by atoms with E-state index >= 15 is 0 Å². The molecule has 7 heteroatoms. The summed E-state index contributed by atoms with van der Waals surface area (Å²) < 4.78 is 1.57. The molecular weight excluding hydrogens is 340 g/mol. The SMILES string of the molecule is CC(C)n1nc(N2CCCCC2CNc2ccnc(C3CC3)n2)ccc1=O. The van der Waals surface area contributed by atoms with Crippen LogP contribution in [-0.2, 0) is 0 Å². The number of nitrogens with one attached hydrogen (secondary N) is 1. The summed E-state index contributed by atoms with van der Waals surface area (Å²) >= 11 is 0. The molecule has 1 N–H and O–H groups in total. The third kappa shape index (κ3) is 4.12. The maximum atomic E-state index is 12.0.